The number of nitrogens with zero attached hydrogens (tertiary/aromatic N) is 3. The summed E-state index contributed by atoms with van der Waals surface area (Å²) in [7, 11) is -3.52. The van der Waals surface area contributed by atoms with Crippen molar-refractivity contribution in [3.05, 3.63) is 42.7 Å². The highest BCUT2D eigenvalue weighted by Gasteiger charge is 2.15. The molecule has 2 heterocycles. The average molecular weight is 460 g/mol. The van der Waals surface area contributed by atoms with Gasteiger partial charge in [0.1, 0.15) is 18.2 Å². The third-order valence-electron chi connectivity index (χ3n) is 4.40. The normalized spacial score (nSPS) is 11.2. The minimum absolute atomic E-state index is 0.0221. The van der Waals surface area contributed by atoms with Crippen molar-refractivity contribution in [1.29, 1.82) is 0 Å². The van der Waals surface area contributed by atoms with E-state index in [1.165, 1.54) is 19.1 Å². The van der Waals surface area contributed by atoms with Crippen LogP contribution < -0.4 is 15.4 Å². The molecule has 0 aliphatic heterocycles. The van der Waals surface area contributed by atoms with Crippen molar-refractivity contribution in [2.45, 2.75) is 25.3 Å². The van der Waals surface area contributed by atoms with Crippen LogP contribution in [0.5, 0.6) is 5.75 Å². The number of anilines is 3. The molecule has 10 nitrogen and oxygen atoms in total. The fourth-order valence-corrected chi connectivity index (χ4v) is 3.62. The molecule has 32 heavy (non-hydrogen) atoms. The van der Waals surface area contributed by atoms with Crippen LogP contribution in [-0.2, 0) is 21.2 Å². The van der Waals surface area contributed by atoms with E-state index in [-0.39, 0.29) is 29.8 Å². The zero-order valence-corrected chi connectivity index (χ0v) is 18.8. The summed E-state index contributed by atoms with van der Waals surface area (Å²) in [5.41, 5.74) is 2.32. The van der Waals surface area contributed by atoms with E-state index in [0.717, 1.165) is 6.26 Å². The first-order chi connectivity index (χ1) is 15.2. The van der Waals surface area contributed by atoms with Gasteiger partial charge in [-0.1, -0.05) is 0 Å². The lowest BCUT2D eigenvalue weighted by Crippen LogP contribution is -2.08. The highest BCUT2D eigenvalue weighted by molar-refractivity contribution is 7.90. The second-order valence-electron chi connectivity index (χ2n) is 7.02. The summed E-state index contributed by atoms with van der Waals surface area (Å²) in [6.07, 6.45) is 4.53. The van der Waals surface area contributed by atoms with Gasteiger partial charge >= 0.3 is 0 Å². The Bertz CT molecular complexity index is 1220. The lowest BCUT2D eigenvalue weighted by atomic mass is 10.1. The second-order valence-corrected chi connectivity index (χ2v) is 9.03. The maximum Gasteiger partial charge on any atom is 0.222 e. The van der Waals surface area contributed by atoms with Gasteiger partial charge < -0.3 is 20.5 Å². The standard InChI is InChI=1S/C21H25N5O5S/c1-4-26-6-5-19(25-26)18-13-22-21(23-14(2)28)12-20(18)24-15-9-16(31-8-7-27)11-17(10-15)32(3,29)30/h5-6,9-13,27H,4,7-8H2,1-3H3,(H2,22,23,24,28). The summed E-state index contributed by atoms with van der Waals surface area (Å²) in [5, 5.41) is 19.4. The summed E-state index contributed by atoms with van der Waals surface area (Å²) in [5.74, 6) is 0.345. The summed E-state index contributed by atoms with van der Waals surface area (Å²) >= 11 is 0. The van der Waals surface area contributed by atoms with Gasteiger partial charge in [-0.3, -0.25) is 9.48 Å². The molecule has 11 heteroatoms. The van der Waals surface area contributed by atoms with Gasteiger partial charge in [-0.2, -0.15) is 5.10 Å². The summed E-state index contributed by atoms with van der Waals surface area (Å²) in [4.78, 5) is 15.8. The van der Waals surface area contributed by atoms with E-state index in [1.807, 2.05) is 19.2 Å². The molecular formula is C21H25N5O5S. The fourth-order valence-electron chi connectivity index (χ4n) is 2.95. The smallest absolute Gasteiger partial charge is 0.222 e. The van der Waals surface area contributed by atoms with Crippen molar-refractivity contribution in [3.8, 4) is 17.0 Å². The fraction of sp³-hybridized carbons (Fsp3) is 0.286. The molecule has 0 atom stereocenters. The molecule has 1 aromatic carbocycles. The van der Waals surface area contributed by atoms with Crippen molar-refractivity contribution in [2.75, 3.05) is 30.1 Å². The maximum absolute atomic E-state index is 12.2. The largest absolute Gasteiger partial charge is 0.491 e. The van der Waals surface area contributed by atoms with Gasteiger partial charge in [-0.25, -0.2) is 13.4 Å². The number of carbonyl (C=O) groups excluding carboxylic acids is 1. The first-order valence-corrected chi connectivity index (χ1v) is 11.8. The molecule has 3 N–H and O–H groups in total. The number of carbonyl (C=O) groups is 1. The molecule has 3 aromatic rings. The molecule has 0 fully saturated rings. The van der Waals surface area contributed by atoms with Crippen LogP contribution in [0.15, 0.2) is 47.6 Å². The quantitative estimate of drug-likeness (QED) is 0.444. The second kappa shape index (κ2) is 9.79. The molecule has 0 spiro atoms. The predicted molar refractivity (Wildman–Crippen MR) is 121 cm³/mol. The Morgan fingerprint density at radius 1 is 1.25 bits per heavy atom. The molecule has 2 aromatic heterocycles. The van der Waals surface area contributed by atoms with Crippen LogP contribution in [0.25, 0.3) is 11.3 Å². The number of amides is 1. The molecule has 0 saturated carbocycles. The molecular weight excluding hydrogens is 434 g/mol. The number of aliphatic hydroxyl groups excluding tert-OH is 1. The Labute approximate surface area is 186 Å². The van der Waals surface area contributed by atoms with Crippen LogP contribution in [0.1, 0.15) is 13.8 Å². The van der Waals surface area contributed by atoms with Crippen LogP contribution in [0.4, 0.5) is 17.2 Å². The van der Waals surface area contributed by atoms with E-state index in [1.54, 1.807) is 23.0 Å². The van der Waals surface area contributed by atoms with Crippen molar-refractivity contribution >= 4 is 32.9 Å². The SMILES string of the molecule is CCn1ccc(-c2cnc(NC(C)=O)cc2Nc2cc(OCCO)cc(S(C)(=O)=O)c2)n1. The number of aliphatic hydroxyl groups is 1. The number of pyridine rings is 1. The van der Waals surface area contributed by atoms with Crippen molar-refractivity contribution in [1.82, 2.24) is 14.8 Å². The number of rotatable bonds is 9. The molecule has 0 aliphatic rings. The third kappa shape index (κ3) is 5.83. The first-order valence-electron chi connectivity index (χ1n) is 9.87. The monoisotopic (exact) mass is 459 g/mol. The zero-order chi connectivity index (χ0) is 23.3. The van der Waals surface area contributed by atoms with Crippen molar-refractivity contribution < 1.29 is 23.1 Å². The summed E-state index contributed by atoms with van der Waals surface area (Å²) < 4.78 is 31.5. The Balaban J connectivity index is 2.08. The predicted octanol–water partition coefficient (Wildman–Crippen LogP) is 2.44. The Morgan fingerprint density at radius 2 is 2.03 bits per heavy atom. The third-order valence-corrected chi connectivity index (χ3v) is 5.49. The van der Waals surface area contributed by atoms with Gasteiger partial charge in [-0.05, 0) is 25.1 Å². The molecule has 0 bridgehead atoms. The van der Waals surface area contributed by atoms with Crippen LogP contribution in [0, 0.1) is 0 Å². The lowest BCUT2D eigenvalue weighted by molar-refractivity contribution is -0.114. The van der Waals surface area contributed by atoms with E-state index >= 15 is 0 Å². The van der Waals surface area contributed by atoms with Crippen LogP contribution in [0.2, 0.25) is 0 Å². The van der Waals surface area contributed by atoms with Gasteiger partial charge in [0.05, 0.1) is 22.9 Å². The number of aryl methyl sites for hydroxylation is 1. The summed E-state index contributed by atoms with van der Waals surface area (Å²) in [6.45, 7) is 3.86. The average Bonchev–Trinajstić information content (AvgIpc) is 3.20. The molecule has 0 aliphatic carbocycles. The van der Waals surface area contributed by atoms with Crippen molar-refractivity contribution in [3.63, 3.8) is 0 Å². The van der Waals surface area contributed by atoms with Crippen LogP contribution in [0.3, 0.4) is 0 Å². The molecule has 0 radical (unpaired) electrons. The minimum Gasteiger partial charge on any atom is -0.491 e. The Morgan fingerprint density at radius 3 is 2.66 bits per heavy atom. The van der Waals surface area contributed by atoms with Gasteiger partial charge in [0, 0.05) is 55.5 Å². The number of nitrogens with one attached hydrogen (secondary N) is 2. The highest BCUT2D eigenvalue weighted by Crippen LogP contribution is 2.33. The number of ether oxygens (including phenoxy) is 1. The summed E-state index contributed by atoms with van der Waals surface area (Å²) in [6, 6.07) is 7.98. The Hall–Kier alpha value is -3.44. The molecule has 0 unspecified atom stereocenters. The zero-order valence-electron chi connectivity index (χ0n) is 18.0. The number of hydrogen-bond acceptors (Lipinski definition) is 8. The maximum atomic E-state index is 12.2. The molecule has 170 valence electrons. The molecule has 0 saturated heterocycles. The van der Waals surface area contributed by atoms with Gasteiger partial charge in [0.25, 0.3) is 0 Å². The minimum atomic E-state index is -3.52. The Kier molecular flexibility index (Phi) is 7.11. The number of sulfone groups is 1. The topological polar surface area (TPSA) is 135 Å². The van der Waals surface area contributed by atoms with E-state index in [9.17, 15) is 13.2 Å². The van der Waals surface area contributed by atoms with Crippen molar-refractivity contribution in [2.24, 2.45) is 0 Å². The van der Waals surface area contributed by atoms with Gasteiger partial charge in [-0.15, -0.1) is 0 Å². The number of hydrogen-bond donors (Lipinski definition) is 3. The van der Waals surface area contributed by atoms with Crippen LogP contribution >= 0.6 is 0 Å². The highest BCUT2D eigenvalue weighted by atomic mass is 32.2. The van der Waals surface area contributed by atoms with E-state index in [4.69, 9.17) is 9.84 Å². The van der Waals surface area contributed by atoms with Gasteiger partial charge in [0.2, 0.25) is 5.91 Å². The van der Waals surface area contributed by atoms with Crippen LogP contribution in [-0.4, -0.2) is 53.7 Å². The van der Waals surface area contributed by atoms with E-state index in [2.05, 4.69) is 20.7 Å². The first kappa shape index (κ1) is 23.2. The van der Waals surface area contributed by atoms with E-state index < -0.39 is 9.84 Å². The molecule has 3 rings (SSSR count). The lowest BCUT2D eigenvalue weighted by Gasteiger charge is -2.15. The number of benzene rings is 1. The van der Waals surface area contributed by atoms with E-state index in [0.29, 0.717) is 35.0 Å². The van der Waals surface area contributed by atoms with Gasteiger partial charge in [0.15, 0.2) is 9.84 Å². The molecule has 1 amide bonds. The number of aromatic nitrogens is 3.